The number of fused-ring (bicyclic) bond motifs is 3. The van der Waals surface area contributed by atoms with Gasteiger partial charge in [0.25, 0.3) is 5.91 Å². The molecule has 1 aliphatic carbocycles. The molecule has 0 bridgehead atoms. The third-order valence-electron chi connectivity index (χ3n) is 8.17. The molecule has 1 aliphatic heterocycles. The average Bonchev–Trinajstić information content (AvgIpc) is 3.36. The molecule has 4 unspecified atom stereocenters. The van der Waals surface area contributed by atoms with E-state index in [1.807, 2.05) is 49.6 Å². The van der Waals surface area contributed by atoms with Gasteiger partial charge in [-0.1, -0.05) is 32.8 Å². The summed E-state index contributed by atoms with van der Waals surface area (Å²) in [5.41, 5.74) is 3.97. The Balaban J connectivity index is 1.59. The van der Waals surface area contributed by atoms with Gasteiger partial charge in [-0.05, 0) is 62.3 Å². The zero-order valence-corrected chi connectivity index (χ0v) is 20.1. The van der Waals surface area contributed by atoms with Crippen LogP contribution in [-0.4, -0.2) is 28.0 Å². The minimum Gasteiger partial charge on any atom is -0.463 e. The zero-order valence-electron chi connectivity index (χ0n) is 20.1. The summed E-state index contributed by atoms with van der Waals surface area (Å²) in [4.78, 5) is 29.6. The fraction of sp³-hybridized carbons (Fsp3) is 0.481. The van der Waals surface area contributed by atoms with Gasteiger partial charge in [0.2, 0.25) is 5.91 Å². The number of aromatic nitrogens is 1. The molecule has 5 rings (SSSR count). The molecule has 2 aromatic heterocycles. The van der Waals surface area contributed by atoms with Gasteiger partial charge in [-0.2, -0.15) is 0 Å². The summed E-state index contributed by atoms with van der Waals surface area (Å²) in [6, 6.07) is 9.73. The Morgan fingerprint density at radius 3 is 2.67 bits per heavy atom. The second-order valence-corrected chi connectivity index (χ2v) is 10.3. The number of carbonyl (C=O) groups excluding carboxylic acids is 2. The van der Waals surface area contributed by atoms with E-state index in [-0.39, 0.29) is 17.9 Å². The lowest BCUT2D eigenvalue weighted by molar-refractivity contribution is -0.128. The van der Waals surface area contributed by atoms with Crippen LogP contribution >= 0.6 is 0 Å². The maximum Gasteiger partial charge on any atom is 0.276 e. The normalized spacial score (nSPS) is 27.6. The van der Waals surface area contributed by atoms with Crippen molar-refractivity contribution in [2.24, 2.45) is 11.8 Å². The number of furan rings is 1. The Bertz CT molecular complexity index is 1240. The summed E-state index contributed by atoms with van der Waals surface area (Å²) in [5.74, 6) is 0.695. The van der Waals surface area contributed by atoms with Crippen LogP contribution in [0.3, 0.4) is 0 Å². The number of nitrogens with zero attached hydrogens (tertiary/aromatic N) is 2. The van der Waals surface area contributed by atoms with Gasteiger partial charge in [0.05, 0.1) is 18.3 Å². The lowest BCUT2D eigenvalue weighted by Gasteiger charge is -2.45. The summed E-state index contributed by atoms with van der Waals surface area (Å²) in [6.07, 6.45) is 4.92. The van der Waals surface area contributed by atoms with Gasteiger partial charge >= 0.3 is 0 Å². The van der Waals surface area contributed by atoms with E-state index in [9.17, 15) is 9.59 Å². The van der Waals surface area contributed by atoms with Crippen LogP contribution in [0.4, 0.5) is 5.69 Å². The van der Waals surface area contributed by atoms with Gasteiger partial charge in [-0.15, -0.1) is 0 Å². The van der Waals surface area contributed by atoms with Crippen LogP contribution in [0.1, 0.15) is 61.6 Å². The Hall–Kier alpha value is -3.02. The summed E-state index contributed by atoms with van der Waals surface area (Å²) in [5, 5.41) is 3.35. The number of carbonyl (C=O) groups is 2. The van der Waals surface area contributed by atoms with E-state index in [0.29, 0.717) is 29.7 Å². The predicted molar refractivity (Wildman–Crippen MR) is 129 cm³/mol. The first-order chi connectivity index (χ1) is 15.7. The SMILES string of the molecule is Cc1ccc(N2C(=O)c3cc4occc4n3CC2(C)C(=O)NC2CCCC(C)C2C)cc1C. The van der Waals surface area contributed by atoms with Gasteiger partial charge in [0, 0.05) is 23.9 Å². The average molecular weight is 448 g/mol. The number of nitrogens with one attached hydrogen (secondary N) is 1. The monoisotopic (exact) mass is 447 g/mol. The summed E-state index contributed by atoms with van der Waals surface area (Å²) >= 11 is 0. The summed E-state index contributed by atoms with van der Waals surface area (Å²) in [7, 11) is 0. The van der Waals surface area contributed by atoms with Crippen LogP contribution in [-0.2, 0) is 11.3 Å². The molecule has 3 aromatic rings. The van der Waals surface area contributed by atoms with E-state index in [1.165, 1.54) is 6.42 Å². The van der Waals surface area contributed by atoms with Crippen molar-refractivity contribution < 1.29 is 14.0 Å². The number of amides is 2. The maximum atomic E-state index is 14.0. The van der Waals surface area contributed by atoms with E-state index >= 15 is 0 Å². The van der Waals surface area contributed by atoms with Crippen molar-refractivity contribution in [3.05, 3.63) is 53.4 Å². The summed E-state index contributed by atoms with van der Waals surface area (Å²) < 4.78 is 7.51. The Kier molecular flexibility index (Phi) is 5.15. The molecular formula is C27H33N3O3. The first-order valence-corrected chi connectivity index (χ1v) is 12.0. The molecule has 6 nitrogen and oxygen atoms in total. The third kappa shape index (κ3) is 3.38. The highest BCUT2D eigenvalue weighted by atomic mass is 16.3. The second kappa shape index (κ2) is 7.79. The number of benzene rings is 1. The molecular weight excluding hydrogens is 414 g/mol. The van der Waals surface area contributed by atoms with E-state index in [1.54, 1.807) is 17.2 Å². The van der Waals surface area contributed by atoms with E-state index in [2.05, 4.69) is 19.2 Å². The van der Waals surface area contributed by atoms with Crippen LogP contribution in [0.5, 0.6) is 0 Å². The van der Waals surface area contributed by atoms with E-state index in [0.717, 1.165) is 35.2 Å². The minimum atomic E-state index is -1.07. The van der Waals surface area contributed by atoms with E-state index < -0.39 is 5.54 Å². The molecule has 0 saturated heterocycles. The molecule has 6 heteroatoms. The van der Waals surface area contributed by atoms with Crippen molar-refractivity contribution in [3.8, 4) is 0 Å². The van der Waals surface area contributed by atoms with Gasteiger partial charge in [-0.25, -0.2) is 0 Å². The van der Waals surface area contributed by atoms with Crippen molar-refractivity contribution in [2.75, 3.05) is 4.90 Å². The molecule has 4 atom stereocenters. The minimum absolute atomic E-state index is 0.101. The van der Waals surface area contributed by atoms with Gasteiger partial charge in [0.1, 0.15) is 11.2 Å². The third-order valence-corrected chi connectivity index (χ3v) is 8.17. The maximum absolute atomic E-state index is 14.0. The summed E-state index contributed by atoms with van der Waals surface area (Å²) in [6.45, 7) is 10.8. The predicted octanol–water partition coefficient (Wildman–Crippen LogP) is 5.21. The number of hydrogen-bond acceptors (Lipinski definition) is 3. The molecule has 2 aliphatic rings. The smallest absolute Gasteiger partial charge is 0.276 e. The lowest BCUT2D eigenvalue weighted by Crippen LogP contribution is -2.66. The lowest BCUT2D eigenvalue weighted by atomic mass is 9.77. The number of anilines is 1. The standard InChI is InChI=1S/C27H33N3O3/c1-16-9-10-20(13-18(16)3)30-25(31)23-14-24-22(11-12-33-24)29(23)15-27(30,5)26(32)28-21-8-6-7-17(2)19(21)4/h9-14,17,19,21H,6-8,15H2,1-5H3,(H,28,32). The van der Waals surface area contributed by atoms with Gasteiger partial charge in [-0.3, -0.25) is 14.5 Å². The molecule has 1 aromatic carbocycles. The molecule has 1 fully saturated rings. The molecule has 2 amide bonds. The fourth-order valence-electron chi connectivity index (χ4n) is 5.59. The Labute approximate surface area is 194 Å². The van der Waals surface area contributed by atoms with Gasteiger partial charge < -0.3 is 14.3 Å². The highest BCUT2D eigenvalue weighted by Gasteiger charge is 2.49. The topological polar surface area (TPSA) is 67.5 Å². The number of hydrogen-bond donors (Lipinski definition) is 1. The van der Waals surface area contributed by atoms with Crippen LogP contribution in [0, 0.1) is 25.7 Å². The molecule has 1 saturated carbocycles. The molecule has 0 radical (unpaired) electrons. The fourth-order valence-corrected chi connectivity index (χ4v) is 5.59. The van der Waals surface area contributed by atoms with Crippen LogP contribution < -0.4 is 10.2 Å². The van der Waals surface area contributed by atoms with Crippen molar-refractivity contribution in [1.29, 1.82) is 0 Å². The number of rotatable bonds is 3. The van der Waals surface area contributed by atoms with Crippen molar-refractivity contribution in [3.63, 3.8) is 0 Å². The molecule has 33 heavy (non-hydrogen) atoms. The molecule has 174 valence electrons. The second-order valence-electron chi connectivity index (χ2n) is 10.3. The zero-order chi connectivity index (χ0) is 23.5. The number of aryl methyl sites for hydroxylation is 2. The Morgan fingerprint density at radius 2 is 1.91 bits per heavy atom. The van der Waals surface area contributed by atoms with Crippen molar-refractivity contribution in [1.82, 2.24) is 9.88 Å². The van der Waals surface area contributed by atoms with Crippen molar-refractivity contribution in [2.45, 2.75) is 72.0 Å². The van der Waals surface area contributed by atoms with Crippen LogP contribution in [0.25, 0.3) is 11.1 Å². The highest BCUT2D eigenvalue weighted by molar-refractivity contribution is 6.13. The molecule has 3 heterocycles. The first-order valence-electron chi connectivity index (χ1n) is 12.0. The molecule has 0 spiro atoms. The quantitative estimate of drug-likeness (QED) is 0.599. The van der Waals surface area contributed by atoms with Crippen LogP contribution in [0.2, 0.25) is 0 Å². The van der Waals surface area contributed by atoms with Crippen LogP contribution in [0.15, 0.2) is 41.0 Å². The highest BCUT2D eigenvalue weighted by Crippen LogP contribution is 2.37. The van der Waals surface area contributed by atoms with Crippen molar-refractivity contribution >= 4 is 28.6 Å². The Morgan fingerprint density at radius 1 is 1.12 bits per heavy atom. The molecule has 1 N–H and O–H groups in total. The largest absolute Gasteiger partial charge is 0.463 e. The first kappa shape index (κ1) is 21.8. The van der Waals surface area contributed by atoms with E-state index in [4.69, 9.17) is 4.42 Å². The van der Waals surface area contributed by atoms with Gasteiger partial charge in [0.15, 0.2) is 5.58 Å².